The second kappa shape index (κ2) is 10.5. The summed E-state index contributed by atoms with van der Waals surface area (Å²) in [5, 5.41) is 7.53. The van der Waals surface area contributed by atoms with E-state index in [1.54, 1.807) is 0 Å². The molecule has 0 spiro atoms. The van der Waals surface area contributed by atoms with E-state index in [1.165, 1.54) is 25.7 Å². The van der Waals surface area contributed by atoms with Gasteiger partial charge in [-0.05, 0) is 61.6 Å². The Labute approximate surface area is 201 Å². The van der Waals surface area contributed by atoms with Gasteiger partial charge in [0, 0.05) is 39.8 Å². The van der Waals surface area contributed by atoms with Gasteiger partial charge in [-0.15, -0.1) is 0 Å². The number of hydrogen-bond donors (Lipinski definition) is 3. The zero-order chi connectivity index (χ0) is 23.3. The highest BCUT2D eigenvalue weighted by Gasteiger charge is 2.22. The number of carbonyl (C=O) groups excluding carboxylic acids is 2. The second-order valence-corrected chi connectivity index (χ2v) is 10.0. The molecule has 0 aliphatic heterocycles. The maximum atomic E-state index is 12.6. The zero-order valence-corrected chi connectivity index (χ0v) is 19.9. The average molecular weight is 458 g/mol. The van der Waals surface area contributed by atoms with E-state index in [4.69, 9.17) is 0 Å². The van der Waals surface area contributed by atoms with Gasteiger partial charge in [0.25, 0.3) is 0 Å². The normalized spacial score (nSPS) is 17.5. The standard InChI is InChI=1S/C29H35N3O2/c33-28(21-7-3-1-4-8-21)19-30-24-14-11-20(12-15-24)26-17-23-13-16-25(18-27(23)32-26)31-29(34)22-9-5-2-6-10-22/h11-18,21-22,30,32H,1-10,19H2,(H,31,34). The molecule has 0 radical (unpaired) electrons. The van der Waals surface area contributed by atoms with Crippen molar-refractivity contribution < 1.29 is 9.59 Å². The maximum absolute atomic E-state index is 12.6. The van der Waals surface area contributed by atoms with Crippen LogP contribution in [0.1, 0.15) is 64.2 Å². The van der Waals surface area contributed by atoms with Gasteiger partial charge in [-0.25, -0.2) is 0 Å². The number of anilines is 2. The molecule has 5 nitrogen and oxygen atoms in total. The molecule has 1 heterocycles. The Balaban J connectivity index is 1.21. The van der Waals surface area contributed by atoms with E-state index in [-0.39, 0.29) is 17.7 Å². The van der Waals surface area contributed by atoms with Crippen molar-refractivity contribution in [2.75, 3.05) is 17.2 Å². The van der Waals surface area contributed by atoms with Gasteiger partial charge in [-0.3, -0.25) is 9.59 Å². The molecular formula is C29H35N3O2. The first-order chi connectivity index (χ1) is 16.7. The van der Waals surface area contributed by atoms with Crippen LogP contribution in [0.3, 0.4) is 0 Å². The molecule has 0 atom stereocenters. The van der Waals surface area contributed by atoms with Crippen LogP contribution in [0.5, 0.6) is 0 Å². The minimum atomic E-state index is 0.147. The third-order valence-electron chi connectivity index (χ3n) is 7.59. The van der Waals surface area contributed by atoms with E-state index in [0.717, 1.165) is 72.1 Å². The summed E-state index contributed by atoms with van der Waals surface area (Å²) in [5.41, 5.74) is 4.95. The van der Waals surface area contributed by atoms with E-state index < -0.39 is 0 Å². The summed E-state index contributed by atoms with van der Waals surface area (Å²) in [6.45, 7) is 0.408. The van der Waals surface area contributed by atoms with Gasteiger partial charge in [-0.2, -0.15) is 0 Å². The Morgan fingerprint density at radius 3 is 2.12 bits per heavy atom. The summed E-state index contributed by atoms with van der Waals surface area (Å²) in [6, 6.07) is 16.4. The number of hydrogen-bond acceptors (Lipinski definition) is 3. The lowest BCUT2D eigenvalue weighted by molar-refractivity contribution is -0.122. The topological polar surface area (TPSA) is 74.0 Å². The number of H-pyrrole nitrogens is 1. The summed E-state index contributed by atoms with van der Waals surface area (Å²) in [6.07, 6.45) is 11.3. The molecule has 2 fully saturated rings. The fourth-order valence-corrected chi connectivity index (χ4v) is 5.50. The summed E-state index contributed by atoms with van der Waals surface area (Å²) >= 11 is 0. The van der Waals surface area contributed by atoms with Crippen LogP contribution < -0.4 is 10.6 Å². The highest BCUT2D eigenvalue weighted by molar-refractivity contribution is 5.96. The van der Waals surface area contributed by atoms with Crippen molar-refractivity contribution in [2.24, 2.45) is 11.8 Å². The van der Waals surface area contributed by atoms with Crippen molar-refractivity contribution in [1.29, 1.82) is 0 Å². The van der Waals surface area contributed by atoms with Crippen molar-refractivity contribution in [3.8, 4) is 11.3 Å². The number of carbonyl (C=O) groups is 2. The van der Waals surface area contributed by atoms with Crippen LogP contribution in [-0.2, 0) is 9.59 Å². The number of benzene rings is 2. The van der Waals surface area contributed by atoms with E-state index in [9.17, 15) is 9.59 Å². The molecule has 178 valence electrons. The fourth-order valence-electron chi connectivity index (χ4n) is 5.50. The second-order valence-electron chi connectivity index (χ2n) is 10.0. The van der Waals surface area contributed by atoms with E-state index >= 15 is 0 Å². The fraction of sp³-hybridized carbons (Fsp3) is 0.448. The number of amides is 1. The first-order valence-electron chi connectivity index (χ1n) is 13.0. The molecule has 1 aromatic heterocycles. The summed E-state index contributed by atoms with van der Waals surface area (Å²) in [5.74, 6) is 0.875. The molecule has 5 heteroatoms. The number of fused-ring (bicyclic) bond motifs is 1. The first kappa shape index (κ1) is 22.7. The summed E-state index contributed by atoms with van der Waals surface area (Å²) < 4.78 is 0. The number of Topliss-reactive ketones (excluding diaryl/α,β-unsaturated/α-hetero) is 1. The first-order valence-corrected chi connectivity index (χ1v) is 13.0. The van der Waals surface area contributed by atoms with E-state index in [2.05, 4.69) is 39.9 Å². The monoisotopic (exact) mass is 457 g/mol. The molecule has 1 amide bonds. The lowest BCUT2D eigenvalue weighted by Crippen LogP contribution is -2.24. The Kier molecular flexibility index (Phi) is 6.98. The van der Waals surface area contributed by atoms with Crippen LogP contribution >= 0.6 is 0 Å². The molecule has 5 rings (SSSR count). The van der Waals surface area contributed by atoms with Crippen molar-refractivity contribution in [3.63, 3.8) is 0 Å². The zero-order valence-electron chi connectivity index (χ0n) is 19.9. The molecule has 2 aromatic carbocycles. The maximum Gasteiger partial charge on any atom is 0.227 e. The molecule has 0 saturated heterocycles. The molecule has 2 aliphatic carbocycles. The van der Waals surface area contributed by atoms with Gasteiger partial charge in [0.1, 0.15) is 0 Å². The number of aromatic amines is 1. The molecule has 2 saturated carbocycles. The Bertz CT molecular complexity index is 1140. The van der Waals surface area contributed by atoms with Crippen LogP contribution in [0, 0.1) is 11.8 Å². The molecule has 3 N–H and O–H groups in total. The van der Waals surface area contributed by atoms with Crippen LogP contribution in [0.25, 0.3) is 22.2 Å². The predicted octanol–water partition coefficient (Wildman–Crippen LogP) is 6.92. The minimum absolute atomic E-state index is 0.147. The largest absolute Gasteiger partial charge is 0.378 e. The van der Waals surface area contributed by atoms with Gasteiger partial charge in [0.2, 0.25) is 5.91 Å². The Hall–Kier alpha value is -3.08. The number of ketones is 1. The lowest BCUT2D eigenvalue weighted by atomic mass is 9.86. The van der Waals surface area contributed by atoms with Crippen LogP contribution in [0.2, 0.25) is 0 Å². The van der Waals surface area contributed by atoms with Gasteiger partial charge in [0.05, 0.1) is 6.54 Å². The lowest BCUT2D eigenvalue weighted by Gasteiger charge is -2.20. The molecule has 0 unspecified atom stereocenters. The van der Waals surface area contributed by atoms with Gasteiger partial charge >= 0.3 is 0 Å². The van der Waals surface area contributed by atoms with Crippen molar-refractivity contribution in [1.82, 2.24) is 4.98 Å². The quantitative estimate of drug-likeness (QED) is 0.361. The smallest absolute Gasteiger partial charge is 0.227 e. The third-order valence-corrected chi connectivity index (χ3v) is 7.59. The summed E-state index contributed by atoms with van der Waals surface area (Å²) in [7, 11) is 0. The van der Waals surface area contributed by atoms with Crippen LogP contribution in [0.4, 0.5) is 11.4 Å². The predicted molar refractivity (Wildman–Crippen MR) is 139 cm³/mol. The number of aromatic nitrogens is 1. The highest BCUT2D eigenvalue weighted by Crippen LogP contribution is 2.29. The van der Waals surface area contributed by atoms with Crippen LogP contribution in [-0.4, -0.2) is 23.2 Å². The average Bonchev–Trinajstić information content (AvgIpc) is 3.32. The Morgan fingerprint density at radius 1 is 0.765 bits per heavy atom. The third kappa shape index (κ3) is 5.35. The number of nitrogens with one attached hydrogen (secondary N) is 3. The van der Waals surface area contributed by atoms with Crippen molar-refractivity contribution in [3.05, 3.63) is 48.5 Å². The van der Waals surface area contributed by atoms with Gasteiger partial charge in [-0.1, -0.05) is 56.7 Å². The molecule has 34 heavy (non-hydrogen) atoms. The van der Waals surface area contributed by atoms with E-state index in [1.807, 2.05) is 24.3 Å². The molecule has 2 aliphatic rings. The van der Waals surface area contributed by atoms with Crippen LogP contribution in [0.15, 0.2) is 48.5 Å². The summed E-state index contributed by atoms with van der Waals surface area (Å²) in [4.78, 5) is 28.5. The Morgan fingerprint density at radius 2 is 1.41 bits per heavy atom. The van der Waals surface area contributed by atoms with Crippen molar-refractivity contribution >= 4 is 34.0 Å². The van der Waals surface area contributed by atoms with Gasteiger partial charge in [0.15, 0.2) is 5.78 Å². The minimum Gasteiger partial charge on any atom is -0.378 e. The molecule has 3 aromatic rings. The van der Waals surface area contributed by atoms with Crippen molar-refractivity contribution in [2.45, 2.75) is 64.2 Å². The molecule has 0 bridgehead atoms. The number of rotatable bonds is 7. The van der Waals surface area contributed by atoms with Gasteiger partial charge < -0.3 is 15.6 Å². The SMILES string of the molecule is O=C(CNc1ccc(-c2cc3ccc(NC(=O)C4CCCCC4)cc3[nH]2)cc1)C1CCCCC1. The van der Waals surface area contributed by atoms with E-state index in [0.29, 0.717) is 12.3 Å². The highest BCUT2D eigenvalue weighted by atomic mass is 16.2. The molecular weight excluding hydrogens is 422 g/mol.